The Balaban J connectivity index is 1.57. The van der Waals surface area contributed by atoms with Gasteiger partial charge in [0.2, 0.25) is 29.6 Å². The molecule has 172 valence electrons. The second-order valence-corrected chi connectivity index (χ2v) is 8.97. The molecule has 1 saturated heterocycles. The second kappa shape index (κ2) is 10.6. The van der Waals surface area contributed by atoms with Gasteiger partial charge in [0.15, 0.2) is 11.0 Å². The van der Waals surface area contributed by atoms with Gasteiger partial charge in [-0.1, -0.05) is 19.3 Å². The molecule has 2 aliphatic rings. The number of rotatable bonds is 11. The summed E-state index contributed by atoms with van der Waals surface area (Å²) >= 11 is 0. The summed E-state index contributed by atoms with van der Waals surface area (Å²) in [5.41, 5.74) is 2.27. The SMILES string of the molecule is O=C(CCCCCCCC(=O)OC1C(=O)CC(S(=O)(=O)O)C1=O)NN1C(=O)CCC1=O. The summed E-state index contributed by atoms with van der Waals surface area (Å²) in [6.45, 7) is 0. The number of amides is 3. The number of nitrogens with one attached hydrogen (secondary N) is 1. The molecule has 31 heavy (non-hydrogen) atoms. The van der Waals surface area contributed by atoms with E-state index in [1.54, 1.807) is 0 Å². The Labute approximate surface area is 178 Å². The van der Waals surface area contributed by atoms with Crippen molar-refractivity contribution in [2.24, 2.45) is 0 Å². The fraction of sp³-hybridized carbons (Fsp3) is 0.667. The number of nitrogens with zero attached hydrogens (tertiary/aromatic N) is 1. The van der Waals surface area contributed by atoms with E-state index in [0.717, 1.165) is 5.01 Å². The second-order valence-electron chi connectivity index (χ2n) is 7.37. The molecule has 0 bridgehead atoms. The van der Waals surface area contributed by atoms with E-state index in [-0.39, 0.29) is 25.7 Å². The lowest BCUT2D eigenvalue weighted by atomic mass is 10.1. The third-order valence-corrected chi connectivity index (χ3v) is 6.05. The lowest BCUT2D eigenvalue weighted by molar-refractivity contribution is -0.157. The molecule has 1 saturated carbocycles. The van der Waals surface area contributed by atoms with Gasteiger partial charge in [0, 0.05) is 32.1 Å². The number of hydrogen-bond acceptors (Lipinski definition) is 9. The number of imide groups is 1. The maximum absolute atomic E-state index is 11.8. The van der Waals surface area contributed by atoms with Crippen molar-refractivity contribution in [3.05, 3.63) is 0 Å². The molecule has 0 radical (unpaired) electrons. The van der Waals surface area contributed by atoms with Crippen molar-refractivity contribution in [1.82, 2.24) is 10.4 Å². The summed E-state index contributed by atoms with van der Waals surface area (Å²) in [5.74, 6) is -4.11. The van der Waals surface area contributed by atoms with E-state index >= 15 is 0 Å². The Kier molecular flexibility index (Phi) is 8.39. The van der Waals surface area contributed by atoms with Crippen molar-refractivity contribution >= 4 is 45.4 Å². The Bertz CT molecular complexity index is 866. The van der Waals surface area contributed by atoms with Crippen molar-refractivity contribution in [3.8, 4) is 0 Å². The van der Waals surface area contributed by atoms with Crippen LogP contribution < -0.4 is 5.43 Å². The lowest BCUT2D eigenvalue weighted by Crippen LogP contribution is -2.45. The number of ether oxygens (including phenoxy) is 1. The molecule has 2 atom stereocenters. The number of hydrazine groups is 1. The van der Waals surface area contributed by atoms with Crippen LogP contribution in [0.15, 0.2) is 0 Å². The van der Waals surface area contributed by atoms with Gasteiger partial charge in [-0.15, -0.1) is 0 Å². The van der Waals surface area contributed by atoms with E-state index in [0.29, 0.717) is 32.1 Å². The number of hydrogen-bond donors (Lipinski definition) is 2. The Morgan fingerprint density at radius 3 is 2.06 bits per heavy atom. The predicted molar refractivity (Wildman–Crippen MR) is 101 cm³/mol. The minimum absolute atomic E-state index is 0.0761. The fourth-order valence-electron chi connectivity index (χ4n) is 3.25. The first kappa shape index (κ1) is 24.6. The van der Waals surface area contributed by atoms with Crippen LogP contribution in [0.3, 0.4) is 0 Å². The van der Waals surface area contributed by atoms with Gasteiger partial charge in [0.05, 0.1) is 0 Å². The third kappa shape index (κ3) is 6.92. The molecule has 1 aliphatic carbocycles. The highest BCUT2D eigenvalue weighted by atomic mass is 32.2. The standard InChI is InChI=1S/C18H24N2O10S/c21-11-10-12(31(27,28)29)17(26)18(11)30-16(25)7-5-3-1-2-4-6-13(22)19-20-14(23)8-9-15(20)24/h12,18H,1-10H2,(H,19,22)(H,27,28,29). The van der Waals surface area contributed by atoms with Crippen molar-refractivity contribution in [3.63, 3.8) is 0 Å². The summed E-state index contributed by atoms with van der Waals surface area (Å²) in [7, 11) is -4.73. The van der Waals surface area contributed by atoms with Crippen molar-refractivity contribution in [1.29, 1.82) is 0 Å². The molecule has 12 nitrogen and oxygen atoms in total. The fourth-order valence-corrected chi connectivity index (χ4v) is 4.04. The highest BCUT2D eigenvalue weighted by molar-refractivity contribution is 7.87. The third-order valence-electron chi connectivity index (χ3n) is 4.94. The number of esters is 1. The molecular weight excluding hydrogens is 436 g/mol. The molecule has 13 heteroatoms. The zero-order valence-corrected chi connectivity index (χ0v) is 17.5. The van der Waals surface area contributed by atoms with Crippen LogP contribution in [0.4, 0.5) is 0 Å². The van der Waals surface area contributed by atoms with E-state index in [1.807, 2.05) is 0 Å². The molecule has 0 aromatic heterocycles. The highest BCUT2D eigenvalue weighted by Gasteiger charge is 2.49. The van der Waals surface area contributed by atoms with Gasteiger partial charge in [-0.25, -0.2) is 0 Å². The summed E-state index contributed by atoms with van der Waals surface area (Å²) in [6.07, 6.45) is 0.613. The first-order valence-electron chi connectivity index (χ1n) is 9.88. The van der Waals surface area contributed by atoms with E-state index < -0.39 is 63.2 Å². The molecule has 2 unspecified atom stereocenters. The van der Waals surface area contributed by atoms with Crippen LogP contribution >= 0.6 is 0 Å². The molecule has 1 heterocycles. The Morgan fingerprint density at radius 1 is 0.968 bits per heavy atom. The molecule has 1 aliphatic heterocycles. The molecule has 0 aromatic carbocycles. The minimum Gasteiger partial charge on any atom is -0.446 e. The minimum atomic E-state index is -4.73. The van der Waals surface area contributed by atoms with E-state index in [9.17, 15) is 37.2 Å². The van der Waals surface area contributed by atoms with Gasteiger partial charge >= 0.3 is 5.97 Å². The van der Waals surface area contributed by atoms with Crippen molar-refractivity contribution in [2.45, 2.75) is 75.6 Å². The normalized spacial score (nSPS) is 21.6. The smallest absolute Gasteiger partial charge is 0.306 e. The number of Topliss-reactive ketones (excluding diaryl/α,β-unsaturated/α-hetero) is 2. The van der Waals surface area contributed by atoms with Crippen LogP contribution in [-0.2, 0) is 43.6 Å². The van der Waals surface area contributed by atoms with Crippen molar-refractivity contribution in [2.75, 3.05) is 0 Å². The maximum atomic E-state index is 11.8. The first-order chi connectivity index (χ1) is 14.5. The van der Waals surface area contributed by atoms with Crippen LogP contribution in [0.5, 0.6) is 0 Å². The molecule has 2 N–H and O–H groups in total. The Morgan fingerprint density at radius 2 is 1.52 bits per heavy atom. The topological polar surface area (TPSA) is 181 Å². The molecule has 2 rings (SSSR count). The van der Waals surface area contributed by atoms with Crippen LogP contribution in [0.1, 0.15) is 64.2 Å². The van der Waals surface area contributed by atoms with Gasteiger partial charge in [0.1, 0.15) is 0 Å². The van der Waals surface area contributed by atoms with E-state index in [2.05, 4.69) is 5.43 Å². The summed E-state index contributed by atoms with van der Waals surface area (Å²) in [4.78, 5) is 69.9. The van der Waals surface area contributed by atoms with Gasteiger partial charge in [-0.3, -0.25) is 38.7 Å². The van der Waals surface area contributed by atoms with E-state index in [4.69, 9.17) is 9.29 Å². The first-order valence-corrected chi connectivity index (χ1v) is 11.4. The van der Waals surface area contributed by atoms with Crippen LogP contribution in [0.25, 0.3) is 0 Å². The lowest BCUT2D eigenvalue weighted by Gasteiger charge is -2.14. The van der Waals surface area contributed by atoms with Crippen LogP contribution in [0, 0.1) is 0 Å². The molecular formula is C18H24N2O10S. The highest BCUT2D eigenvalue weighted by Crippen LogP contribution is 2.22. The zero-order valence-electron chi connectivity index (χ0n) is 16.7. The average molecular weight is 460 g/mol. The maximum Gasteiger partial charge on any atom is 0.306 e. The average Bonchev–Trinajstić information content (AvgIpc) is 3.14. The van der Waals surface area contributed by atoms with Crippen LogP contribution in [-0.4, -0.2) is 64.6 Å². The largest absolute Gasteiger partial charge is 0.446 e. The number of carbonyl (C=O) groups excluding carboxylic acids is 6. The van der Waals surface area contributed by atoms with Crippen molar-refractivity contribution < 1.29 is 46.5 Å². The van der Waals surface area contributed by atoms with Gasteiger partial charge in [-0.05, 0) is 12.8 Å². The summed E-state index contributed by atoms with van der Waals surface area (Å²) in [5, 5.41) is -1.15. The van der Waals surface area contributed by atoms with E-state index in [1.165, 1.54) is 0 Å². The van der Waals surface area contributed by atoms with Gasteiger partial charge in [0.25, 0.3) is 10.1 Å². The quantitative estimate of drug-likeness (QED) is 0.135. The Hall–Kier alpha value is -2.67. The zero-order chi connectivity index (χ0) is 23.2. The monoisotopic (exact) mass is 460 g/mol. The molecule has 0 spiro atoms. The number of ketones is 2. The summed E-state index contributed by atoms with van der Waals surface area (Å²) in [6, 6.07) is 0. The molecule has 0 aromatic rings. The molecule has 2 fully saturated rings. The summed E-state index contributed by atoms with van der Waals surface area (Å²) < 4.78 is 35.8. The predicted octanol–water partition coefficient (Wildman–Crippen LogP) is -0.393. The molecule has 3 amide bonds. The van der Waals surface area contributed by atoms with Crippen LogP contribution in [0.2, 0.25) is 0 Å². The van der Waals surface area contributed by atoms with Gasteiger partial charge < -0.3 is 4.74 Å². The number of carbonyl (C=O) groups is 6. The number of unbranched alkanes of at least 4 members (excludes halogenated alkanes) is 4. The van der Waals surface area contributed by atoms with Gasteiger partial charge in [-0.2, -0.15) is 13.4 Å².